The molecular weight excluding hydrogens is 439 g/mol. The number of hydrogen-bond acceptors (Lipinski definition) is 7. The molecule has 0 aliphatic heterocycles. The van der Waals surface area contributed by atoms with Crippen LogP contribution in [0.2, 0.25) is 10.0 Å². The Morgan fingerprint density at radius 1 is 1.28 bits per heavy atom. The Hall–Kier alpha value is -2.62. The summed E-state index contributed by atoms with van der Waals surface area (Å²) < 4.78 is 11.9. The van der Waals surface area contributed by atoms with Gasteiger partial charge >= 0.3 is 5.97 Å². The molecule has 29 heavy (non-hydrogen) atoms. The molecule has 1 amide bonds. The first-order valence-electron chi connectivity index (χ1n) is 8.47. The van der Waals surface area contributed by atoms with Crippen LogP contribution in [0.1, 0.15) is 23.1 Å². The molecule has 11 heteroatoms. The van der Waals surface area contributed by atoms with Gasteiger partial charge in [-0.3, -0.25) is 14.9 Å². The number of aromatic nitrogens is 3. The van der Waals surface area contributed by atoms with E-state index in [4.69, 9.17) is 32.7 Å². The van der Waals surface area contributed by atoms with Crippen molar-refractivity contribution in [1.82, 2.24) is 14.8 Å². The smallest absolute Gasteiger partial charge is 0.311 e. The number of carbonyl (C=O) groups excluding carboxylic acids is 2. The Kier molecular flexibility index (Phi) is 7.08. The van der Waals surface area contributed by atoms with Crippen LogP contribution in [0.15, 0.2) is 35.8 Å². The minimum Gasteiger partial charge on any atom is -0.470 e. The summed E-state index contributed by atoms with van der Waals surface area (Å²) >= 11 is 13.1. The number of thiazole rings is 1. The number of anilines is 1. The predicted octanol–water partition coefficient (Wildman–Crippen LogP) is 4.04. The van der Waals surface area contributed by atoms with Crippen molar-refractivity contribution in [2.24, 2.45) is 0 Å². The normalized spacial score (nSPS) is 10.6. The zero-order valence-corrected chi connectivity index (χ0v) is 17.6. The molecule has 0 saturated carbocycles. The fraction of sp³-hybridized carbons (Fsp3) is 0.222. The van der Waals surface area contributed by atoms with Crippen molar-refractivity contribution in [3.63, 3.8) is 0 Å². The third kappa shape index (κ3) is 5.93. The third-order valence-electron chi connectivity index (χ3n) is 3.52. The van der Waals surface area contributed by atoms with E-state index in [1.807, 2.05) is 0 Å². The molecule has 2 heterocycles. The standard InChI is InChI=1S/C18H16Cl2N4O4S/c1-2-27-16(25)8-12-9-29-18(21-12)22-17(26)14-5-6-24(23-14)10-28-15-4-3-11(19)7-13(15)20/h3-7,9H,2,8,10H2,1H3,(H,21,22,26). The highest BCUT2D eigenvalue weighted by Crippen LogP contribution is 2.27. The van der Waals surface area contributed by atoms with Gasteiger partial charge in [-0.15, -0.1) is 11.3 Å². The van der Waals surface area contributed by atoms with Crippen LogP contribution in [0.4, 0.5) is 5.13 Å². The van der Waals surface area contributed by atoms with Crippen LogP contribution in [-0.2, 0) is 22.7 Å². The molecule has 0 fully saturated rings. The van der Waals surface area contributed by atoms with Crippen molar-refractivity contribution in [2.75, 3.05) is 11.9 Å². The molecule has 0 saturated heterocycles. The van der Waals surface area contributed by atoms with E-state index in [0.29, 0.717) is 33.2 Å². The quantitative estimate of drug-likeness (QED) is 0.515. The highest BCUT2D eigenvalue weighted by Gasteiger charge is 2.14. The molecule has 2 aromatic heterocycles. The number of benzene rings is 1. The van der Waals surface area contributed by atoms with Gasteiger partial charge in [-0.2, -0.15) is 5.10 Å². The second-order valence-electron chi connectivity index (χ2n) is 5.67. The van der Waals surface area contributed by atoms with Gasteiger partial charge in [-0.05, 0) is 31.2 Å². The maximum atomic E-state index is 12.3. The van der Waals surface area contributed by atoms with E-state index in [1.165, 1.54) is 16.0 Å². The number of halogens is 2. The van der Waals surface area contributed by atoms with Gasteiger partial charge in [0.25, 0.3) is 5.91 Å². The number of nitrogens with one attached hydrogen (secondary N) is 1. The van der Waals surface area contributed by atoms with Gasteiger partial charge in [0.1, 0.15) is 5.75 Å². The van der Waals surface area contributed by atoms with Crippen LogP contribution < -0.4 is 10.1 Å². The first-order chi connectivity index (χ1) is 13.9. The minimum atomic E-state index is -0.426. The Morgan fingerprint density at radius 3 is 2.86 bits per heavy atom. The molecular formula is C18H16Cl2N4O4S. The number of hydrogen-bond donors (Lipinski definition) is 1. The molecule has 3 aromatic rings. The Morgan fingerprint density at radius 2 is 2.10 bits per heavy atom. The van der Waals surface area contributed by atoms with Gasteiger partial charge in [-0.25, -0.2) is 9.67 Å². The van der Waals surface area contributed by atoms with E-state index in [9.17, 15) is 9.59 Å². The van der Waals surface area contributed by atoms with Crippen molar-refractivity contribution in [3.05, 3.63) is 57.3 Å². The molecule has 0 spiro atoms. The minimum absolute atomic E-state index is 0.0550. The SMILES string of the molecule is CCOC(=O)Cc1csc(NC(=O)c2ccn(COc3ccc(Cl)cc3Cl)n2)n1. The summed E-state index contributed by atoms with van der Waals surface area (Å²) in [5, 5.41) is 9.76. The molecule has 0 bridgehead atoms. The molecule has 0 radical (unpaired) electrons. The van der Waals surface area contributed by atoms with Crippen LogP contribution in [0.25, 0.3) is 0 Å². The summed E-state index contributed by atoms with van der Waals surface area (Å²) in [6, 6.07) is 6.44. The lowest BCUT2D eigenvalue weighted by atomic mass is 10.3. The zero-order valence-electron chi connectivity index (χ0n) is 15.2. The van der Waals surface area contributed by atoms with Crippen molar-refractivity contribution >= 4 is 51.5 Å². The summed E-state index contributed by atoms with van der Waals surface area (Å²) in [6.07, 6.45) is 1.66. The van der Waals surface area contributed by atoms with E-state index in [-0.39, 0.29) is 24.8 Å². The summed E-state index contributed by atoms with van der Waals surface area (Å²) in [5.41, 5.74) is 0.723. The number of rotatable bonds is 8. The summed E-state index contributed by atoms with van der Waals surface area (Å²) in [6.45, 7) is 2.11. The maximum absolute atomic E-state index is 12.3. The number of esters is 1. The lowest BCUT2D eigenvalue weighted by Gasteiger charge is -2.08. The molecule has 0 atom stereocenters. The monoisotopic (exact) mass is 454 g/mol. The highest BCUT2D eigenvalue weighted by atomic mass is 35.5. The van der Waals surface area contributed by atoms with Gasteiger partial charge in [-0.1, -0.05) is 23.2 Å². The van der Waals surface area contributed by atoms with Crippen molar-refractivity contribution in [1.29, 1.82) is 0 Å². The van der Waals surface area contributed by atoms with Crippen molar-refractivity contribution in [2.45, 2.75) is 20.1 Å². The Balaban J connectivity index is 1.55. The largest absolute Gasteiger partial charge is 0.470 e. The zero-order chi connectivity index (χ0) is 20.8. The second kappa shape index (κ2) is 9.73. The number of ether oxygens (including phenoxy) is 2. The highest BCUT2D eigenvalue weighted by molar-refractivity contribution is 7.14. The maximum Gasteiger partial charge on any atom is 0.311 e. The van der Waals surface area contributed by atoms with Crippen LogP contribution in [-0.4, -0.2) is 33.2 Å². The molecule has 8 nitrogen and oxygen atoms in total. The van der Waals surface area contributed by atoms with Crippen LogP contribution >= 0.6 is 34.5 Å². The van der Waals surface area contributed by atoms with E-state index >= 15 is 0 Å². The van der Waals surface area contributed by atoms with Crippen LogP contribution in [0, 0.1) is 0 Å². The number of nitrogens with zero attached hydrogens (tertiary/aromatic N) is 3. The second-order valence-corrected chi connectivity index (χ2v) is 7.37. The summed E-state index contributed by atoms with van der Waals surface area (Å²) in [7, 11) is 0. The molecule has 1 N–H and O–H groups in total. The number of carbonyl (C=O) groups is 2. The molecule has 0 unspecified atom stereocenters. The first kappa shape index (κ1) is 21.1. The molecule has 152 valence electrons. The van der Waals surface area contributed by atoms with E-state index in [0.717, 1.165) is 0 Å². The van der Waals surface area contributed by atoms with E-state index in [2.05, 4.69) is 15.4 Å². The Bertz CT molecular complexity index is 1020. The van der Waals surface area contributed by atoms with Gasteiger partial charge in [0.05, 0.1) is 23.7 Å². The summed E-state index contributed by atoms with van der Waals surface area (Å²) in [5.74, 6) is -0.338. The van der Waals surface area contributed by atoms with Crippen molar-refractivity contribution < 1.29 is 19.1 Å². The lowest BCUT2D eigenvalue weighted by molar-refractivity contribution is -0.142. The topological polar surface area (TPSA) is 95.3 Å². The van der Waals surface area contributed by atoms with E-state index < -0.39 is 5.91 Å². The van der Waals surface area contributed by atoms with Gasteiger partial charge in [0, 0.05) is 16.6 Å². The van der Waals surface area contributed by atoms with Gasteiger partial charge in [0.15, 0.2) is 17.6 Å². The van der Waals surface area contributed by atoms with E-state index in [1.54, 1.807) is 42.8 Å². The molecule has 3 rings (SSSR count). The third-order valence-corrected chi connectivity index (χ3v) is 4.86. The van der Waals surface area contributed by atoms with Gasteiger partial charge < -0.3 is 9.47 Å². The number of amides is 1. The summed E-state index contributed by atoms with van der Waals surface area (Å²) in [4.78, 5) is 28.0. The average molecular weight is 455 g/mol. The average Bonchev–Trinajstić information content (AvgIpc) is 3.31. The molecule has 0 aliphatic rings. The lowest BCUT2D eigenvalue weighted by Crippen LogP contribution is -2.14. The fourth-order valence-corrected chi connectivity index (χ4v) is 3.42. The van der Waals surface area contributed by atoms with Gasteiger partial charge in [0.2, 0.25) is 0 Å². The molecule has 0 aliphatic carbocycles. The Labute approximate surface area is 180 Å². The fourth-order valence-electron chi connectivity index (χ4n) is 2.25. The van der Waals surface area contributed by atoms with Crippen LogP contribution in [0.5, 0.6) is 5.75 Å². The van der Waals surface area contributed by atoms with Crippen molar-refractivity contribution in [3.8, 4) is 5.75 Å². The molecule has 1 aromatic carbocycles. The first-order valence-corrected chi connectivity index (χ1v) is 10.1. The van der Waals surface area contributed by atoms with Crippen LogP contribution in [0.3, 0.4) is 0 Å². The predicted molar refractivity (Wildman–Crippen MR) is 110 cm³/mol.